The summed E-state index contributed by atoms with van der Waals surface area (Å²) in [6.07, 6.45) is 19.5. The van der Waals surface area contributed by atoms with Crippen LogP contribution in [-0.2, 0) is 42.8 Å². The first-order valence-corrected chi connectivity index (χ1v) is 36.9. The highest BCUT2D eigenvalue weighted by Crippen LogP contribution is 2.39. The Hall–Kier alpha value is -2.27. The number of rotatable bonds is 57. The summed E-state index contributed by atoms with van der Waals surface area (Å²) in [5.74, 6) is -6.09. The monoisotopic (exact) mass is 1340 g/mol. The van der Waals surface area contributed by atoms with E-state index in [2.05, 4.69) is 24.5 Å². The molecule has 0 bridgehead atoms. The number of carboxylic acid groups (broad SMARTS) is 1. The number of hydrogen-bond donors (Lipinski definition) is 14. The van der Waals surface area contributed by atoms with E-state index in [9.17, 15) is 75.7 Å². The molecule has 0 aromatic heterocycles. The molecular formula is C70H132N2O21. The standard InChI is InChI=1S/C70H132N2O21/c1-4-6-8-10-12-14-16-18-20-22-23-24-25-26-28-30-32-34-36-38-40-42-44-57(80)72-51(52(77)43-41-39-37-35-33-31-29-27-21-19-17-15-13-11-9-7-5-2)49-88-67-62(84)61(83)64(56(48-75)90-67)91-68-63(85)66(60(82)55(47-74)89-68)93-70(69(86)87)45-53(78)58(71-50(3)76)65(92-70)59(81)54(79)46-73/h51-56,58-68,73-75,77-79,81-85H,4-49H2,1-3H3,(H,71,76)(H,72,80)(H,86,87). The third kappa shape index (κ3) is 33.0. The maximum Gasteiger partial charge on any atom is 0.364 e. The Morgan fingerprint density at radius 3 is 1.34 bits per heavy atom. The van der Waals surface area contributed by atoms with Gasteiger partial charge in [-0.3, -0.25) is 9.59 Å². The molecular weight excluding hydrogens is 1200 g/mol. The lowest BCUT2D eigenvalue weighted by Crippen LogP contribution is -2.70. The lowest BCUT2D eigenvalue weighted by molar-refractivity contribution is -0.386. The lowest BCUT2D eigenvalue weighted by atomic mass is 9.88. The zero-order chi connectivity index (χ0) is 68.2. The van der Waals surface area contributed by atoms with E-state index in [-0.39, 0.29) is 18.9 Å². The van der Waals surface area contributed by atoms with Crippen LogP contribution in [0.3, 0.4) is 0 Å². The van der Waals surface area contributed by atoms with Gasteiger partial charge in [-0.05, 0) is 12.8 Å². The van der Waals surface area contributed by atoms with Crippen molar-refractivity contribution in [2.24, 2.45) is 0 Å². The Bertz CT molecular complexity index is 1880. The third-order valence-corrected chi connectivity index (χ3v) is 19.1. The van der Waals surface area contributed by atoms with Crippen LogP contribution in [0.2, 0.25) is 0 Å². The van der Waals surface area contributed by atoms with Gasteiger partial charge in [0.2, 0.25) is 11.8 Å². The van der Waals surface area contributed by atoms with E-state index in [1.54, 1.807) is 0 Å². The van der Waals surface area contributed by atoms with Gasteiger partial charge in [0.1, 0.15) is 67.1 Å². The van der Waals surface area contributed by atoms with Crippen LogP contribution in [0, 0.1) is 0 Å². The second kappa shape index (κ2) is 51.0. The molecule has 3 rings (SSSR count). The van der Waals surface area contributed by atoms with Crippen molar-refractivity contribution >= 4 is 17.8 Å². The number of hydrogen-bond acceptors (Lipinski definition) is 20. The van der Waals surface area contributed by atoms with Crippen molar-refractivity contribution in [3.8, 4) is 0 Å². The molecule has 23 nitrogen and oxygen atoms in total. The van der Waals surface area contributed by atoms with Crippen molar-refractivity contribution in [1.82, 2.24) is 10.6 Å². The van der Waals surface area contributed by atoms with E-state index in [0.29, 0.717) is 19.3 Å². The quantitative estimate of drug-likeness (QED) is 0.0260. The fourth-order valence-corrected chi connectivity index (χ4v) is 13.2. The summed E-state index contributed by atoms with van der Waals surface area (Å²) in [7, 11) is 0. The average Bonchev–Trinajstić information content (AvgIpc) is 0.790. The van der Waals surface area contributed by atoms with Gasteiger partial charge in [-0.15, -0.1) is 0 Å². The van der Waals surface area contributed by atoms with Gasteiger partial charge in [-0.25, -0.2) is 4.79 Å². The second-order valence-electron chi connectivity index (χ2n) is 27.2. The van der Waals surface area contributed by atoms with Crippen molar-refractivity contribution in [2.45, 2.75) is 400 Å². The highest BCUT2D eigenvalue weighted by molar-refractivity contribution is 5.77. The number of carbonyl (C=O) groups excluding carboxylic acids is 2. The summed E-state index contributed by atoms with van der Waals surface area (Å²) in [5, 5.41) is 136. The largest absolute Gasteiger partial charge is 0.477 e. The Labute approximate surface area is 557 Å². The van der Waals surface area contributed by atoms with Gasteiger partial charge < -0.3 is 100 Å². The first kappa shape index (κ1) is 85.0. The van der Waals surface area contributed by atoms with Gasteiger partial charge in [0, 0.05) is 19.8 Å². The summed E-state index contributed by atoms with van der Waals surface area (Å²) in [6, 6.07) is -2.52. The van der Waals surface area contributed by atoms with E-state index in [4.69, 9.17) is 28.4 Å². The highest BCUT2D eigenvalue weighted by atomic mass is 16.8. The molecule has 14 N–H and O–H groups in total. The van der Waals surface area contributed by atoms with Gasteiger partial charge in [-0.1, -0.05) is 258 Å². The van der Waals surface area contributed by atoms with E-state index in [1.165, 1.54) is 193 Å². The number of aliphatic hydroxyl groups is 11. The number of unbranched alkanes of at least 4 members (excludes halogenated alkanes) is 37. The molecule has 2 amide bonds. The third-order valence-electron chi connectivity index (χ3n) is 19.1. The van der Waals surface area contributed by atoms with Gasteiger partial charge in [0.05, 0.1) is 50.7 Å². The first-order valence-electron chi connectivity index (χ1n) is 36.9. The summed E-state index contributed by atoms with van der Waals surface area (Å²) in [5.41, 5.74) is 0. The van der Waals surface area contributed by atoms with Crippen LogP contribution < -0.4 is 10.6 Å². The predicted molar refractivity (Wildman–Crippen MR) is 352 cm³/mol. The number of carbonyl (C=O) groups is 3. The molecule has 0 aliphatic carbocycles. The smallest absolute Gasteiger partial charge is 0.364 e. The first-order chi connectivity index (χ1) is 44.9. The topological polar surface area (TPSA) is 373 Å². The zero-order valence-corrected chi connectivity index (χ0v) is 57.4. The van der Waals surface area contributed by atoms with E-state index >= 15 is 0 Å². The number of ether oxygens (including phenoxy) is 6. The van der Waals surface area contributed by atoms with Gasteiger partial charge in [0.25, 0.3) is 5.79 Å². The van der Waals surface area contributed by atoms with E-state index in [1.807, 2.05) is 0 Å². The molecule has 3 heterocycles. The summed E-state index contributed by atoms with van der Waals surface area (Å²) in [4.78, 5) is 38.6. The Kier molecular flexibility index (Phi) is 46.6. The molecule has 93 heavy (non-hydrogen) atoms. The Morgan fingerprint density at radius 1 is 0.516 bits per heavy atom. The number of nitrogens with one attached hydrogen (secondary N) is 2. The van der Waals surface area contributed by atoms with Crippen molar-refractivity contribution in [2.75, 3.05) is 26.4 Å². The van der Waals surface area contributed by atoms with Crippen LogP contribution in [0.4, 0.5) is 0 Å². The molecule has 0 aromatic carbocycles. The summed E-state index contributed by atoms with van der Waals surface area (Å²) in [6.45, 7) is 2.24. The maximum atomic E-state index is 13.5. The minimum absolute atomic E-state index is 0.229. The number of amides is 2. The molecule has 3 aliphatic rings. The van der Waals surface area contributed by atoms with Crippen LogP contribution in [-0.4, -0.2) is 215 Å². The zero-order valence-electron chi connectivity index (χ0n) is 57.4. The van der Waals surface area contributed by atoms with Crippen molar-refractivity contribution < 1.29 is 104 Å². The number of carboxylic acids is 1. The van der Waals surface area contributed by atoms with E-state index in [0.717, 1.165) is 51.9 Å². The second-order valence-corrected chi connectivity index (χ2v) is 27.2. The lowest BCUT2D eigenvalue weighted by Gasteiger charge is -2.50. The summed E-state index contributed by atoms with van der Waals surface area (Å²) >= 11 is 0. The Morgan fingerprint density at radius 2 is 0.935 bits per heavy atom. The van der Waals surface area contributed by atoms with Crippen LogP contribution in [0.5, 0.6) is 0 Å². The Balaban J connectivity index is 1.56. The molecule has 0 aromatic rings. The fraction of sp³-hybridized carbons (Fsp3) is 0.957. The van der Waals surface area contributed by atoms with Gasteiger partial charge >= 0.3 is 5.97 Å². The SMILES string of the molecule is CCCCCCCCCCCCCCCCCCCCCCCCC(=O)NC(COC1OC(CO)C(OC2OC(CO)C(O)C(OC3(C(=O)O)CC(O)C(NC(C)=O)C(C(O)C(O)CO)O3)C2O)C(O)C1O)C(O)CCCCCCCCCCCCCCCCCCC. The van der Waals surface area contributed by atoms with E-state index < -0.39 is 148 Å². The molecule has 18 atom stereocenters. The van der Waals surface area contributed by atoms with Crippen LogP contribution >= 0.6 is 0 Å². The minimum Gasteiger partial charge on any atom is -0.477 e. The number of aliphatic hydroxyl groups excluding tert-OH is 11. The van der Waals surface area contributed by atoms with Crippen LogP contribution in [0.1, 0.15) is 290 Å². The highest BCUT2D eigenvalue weighted by Gasteiger charge is 2.60. The minimum atomic E-state index is -3.08. The summed E-state index contributed by atoms with van der Waals surface area (Å²) < 4.78 is 34.9. The number of aliphatic carboxylic acids is 1. The molecule has 0 saturated carbocycles. The van der Waals surface area contributed by atoms with Gasteiger partial charge in [-0.2, -0.15) is 0 Å². The molecule has 3 fully saturated rings. The molecule has 3 saturated heterocycles. The van der Waals surface area contributed by atoms with Crippen molar-refractivity contribution in [1.29, 1.82) is 0 Å². The molecule has 23 heteroatoms. The predicted octanol–water partition coefficient (Wildman–Crippen LogP) is 7.68. The fourth-order valence-electron chi connectivity index (χ4n) is 13.2. The molecule has 0 spiro atoms. The molecule has 3 aliphatic heterocycles. The van der Waals surface area contributed by atoms with Crippen LogP contribution in [0.25, 0.3) is 0 Å². The average molecular weight is 1340 g/mol. The van der Waals surface area contributed by atoms with Crippen molar-refractivity contribution in [3.63, 3.8) is 0 Å². The molecule has 0 radical (unpaired) electrons. The van der Waals surface area contributed by atoms with Crippen molar-refractivity contribution in [3.05, 3.63) is 0 Å². The van der Waals surface area contributed by atoms with Crippen LogP contribution in [0.15, 0.2) is 0 Å². The maximum absolute atomic E-state index is 13.5. The molecule has 18 unspecified atom stereocenters. The van der Waals surface area contributed by atoms with Gasteiger partial charge in [0.15, 0.2) is 12.6 Å². The normalized spacial score (nSPS) is 28.0. The molecule has 548 valence electrons.